The number of Topliss-reactive ketones (excluding diaryl/α,β-unsaturated/α-hetero) is 1. The summed E-state index contributed by atoms with van der Waals surface area (Å²) in [5.41, 5.74) is 3.12. The van der Waals surface area contributed by atoms with Crippen molar-refractivity contribution >= 4 is 13.9 Å². The van der Waals surface area contributed by atoms with E-state index in [1.807, 2.05) is 0 Å². The Bertz CT molecular complexity index is 178. The lowest BCUT2D eigenvalue weighted by Gasteiger charge is -2.02. The van der Waals surface area contributed by atoms with E-state index in [1.54, 1.807) is 6.92 Å². The van der Waals surface area contributed by atoms with Gasteiger partial charge in [-0.05, 0) is 6.92 Å². The molecule has 0 heterocycles. The van der Waals surface area contributed by atoms with E-state index >= 15 is 0 Å². The molecule has 0 unspecified atom stereocenters. The summed E-state index contributed by atoms with van der Waals surface area (Å²) in [5.74, 6) is 3.05. The van der Waals surface area contributed by atoms with Crippen LogP contribution in [0.4, 0.5) is 0 Å². The van der Waals surface area contributed by atoms with Gasteiger partial charge in [-0.2, -0.15) is 0 Å². The molecule has 0 saturated carbocycles. The summed E-state index contributed by atoms with van der Waals surface area (Å²) >= 11 is 0. The van der Waals surface area contributed by atoms with Gasteiger partial charge in [-0.25, -0.2) is 0 Å². The molecule has 0 aromatic rings. The molecule has 1 nitrogen and oxygen atoms in total. The fourth-order valence-corrected chi connectivity index (χ4v) is 1.05. The Hall–Kier alpha value is -0.553. The third-order valence-corrected chi connectivity index (χ3v) is 1.73. The molecule has 0 aliphatic carbocycles. The molecule has 0 aromatic heterocycles. The zero-order chi connectivity index (χ0) is 8.20. The first kappa shape index (κ1) is 9.45. The van der Waals surface area contributed by atoms with Gasteiger partial charge in [0.2, 0.25) is 0 Å². The van der Waals surface area contributed by atoms with Crippen molar-refractivity contribution in [2.24, 2.45) is 0 Å². The Labute approximate surface area is 63.8 Å². The quantitative estimate of drug-likeness (QED) is 0.416. The summed E-state index contributed by atoms with van der Waals surface area (Å²) in [6, 6.07) is 0. The molecule has 0 aliphatic heterocycles. The smallest absolute Gasteiger partial charge is 0.141 e. The second-order valence-electron chi connectivity index (χ2n) is 3.43. The van der Waals surface area contributed by atoms with E-state index in [0.717, 1.165) is 0 Å². The first-order valence-corrected chi connectivity index (χ1v) is 6.91. The third kappa shape index (κ3) is 7.45. The summed E-state index contributed by atoms with van der Waals surface area (Å²) in [7, 11) is -1.24. The monoisotopic (exact) mass is 154 g/mol. The highest BCUT2D eigenvalue weighted by molar-refractivity contribution is 6.83. The van der Waals surface area contributed by atoms with Gasteiger partial charge in [-0.1, -0.05) is 19.6 Å². The zero-order valence-corrected chi connectivity index (χ0v) is 8.12. The van der Waals surface area contributed by atoms with Crippen LogP contribution in [0.15, 0.2) is 0 Å². The lowest BCUT2D eigenvalue weighted by Crippen LogP contribution is -2.16. The van der Waals surface area contributed by atoms with Crippen LogP contribution in [0, 0.1) is 11.5 Å². The van der Waals surface area contributed by atoms with Gasteiger partial charge in [0, 0.05) is 0 Å². The highest BCUT2D eigenvalue weighted by Gasteiger charge is 2.06. The van der Waals surface area contributed by atoms with Gasteiger partial charge in [0.05, 0.1) is 6.42 Å². The Morgan fingerprint density at radius 1 is 1.40 bits per heavy atom. The number of ketones is 1. The lowest BCUT2D eigenvalue weighted by atomic mass is 10.3. The molecule has 0 aromatic carbocycles. The van der Waals surface area contributed by atoms with Crippen LogP contribution < -0.4 is 0 Å². The van der Waals surface area contributed by atoms with Gasteiger partial charge < -0.3 is 0 Å². The highest BCUT2D eigenvalue weighted by atomic mass is 28.3. The topological polar surface area (TPSA) is 17.1 Å². The van der Waals surface area contributed by atoms with Crippen molar-refractivity contribution in [3.63, 3.8) is 0 Å². The van der Waals surface area contributed by atoms with E-state index in [-0.39, 0.29) is 5.78 Å². The second kappa shape index (κ2) is 3.57. The summed E-state index contributed by atoms with van der Waals surface area (Å²) in [6.07, 6.45) is 0.421. The number of carbonyl (C=O) groups is 1. The van der Waals surface area contributed by atoms with Gasteiger partial charge in [-0.15, -0.1) is 11.5 Å². The number of hydrogen-bond acceptors (Lipinski definition) is 1. The standard InChI is InChI=1S/C8H14OSi/c1-8(9)6-5-7-10(2,3)4/h6H2,1-4H3. The lowest BCUT2D eigenvalue weighted by molar-refractivity contribution is -0.116. The first-order valence-electron chi connectivity index (χ1n) is 3.41. The number of hydrogen-bond donors (Lipinski definition) is 0. The van der Waals surface area contributed by atoms with Crippen molar-refractivity contribution in [1.29, 1.82) is 0 Å². The second-order valence-corrected chi connectivity index (χ2v) is 8.18. The first-order chi connectivity index (χ1) is 4.42. The molecule has 0 amide bonds. The molecular formula is C8H14OSi. The maximum absolute atomic E-state index is 10.4. The van der Waals surface area contributed by atoms with E-state index in [9.17, 15) is 4.79 Å². The predicted octanol–water partition coefficient (Wildman–Crippen LogP) is 1.85. The molecule has 10 heavy (non-hydrogen) atoms. The van der Waals surface area contributed by atoms with E-state index in [1.165, 1.54) is 0 Å². The van der Waals surface area contributed by atoms with Crippen LogP contribution in [0.1, 0.15) is 13.3 Å². The van der Waals surface area contributed by atoms with Gasteiger partial charge in [0.25, 0.3) is 0 Å². The average Bonchev–Trinajstić information content (AvgIpc) is 1.59. The van der Waals surface area contributed by atoms with E-state index in [2.05, 4.69) is 31.1 Å². The maximum atomic E-state index is 10.4. The molecule has 0 aliphatic rings. The van der Waals surface area contributed by atoms with Crippen LogP contribution >= 0.6 is 0 Å². The minimum absolute atomic E-state index is 0.158. The fourth-order valence-electron chi connectivity index (χ4n) is 0.434. The van der Waals surface area contributed by atoms with Crippen LogP contribution in [0.2, 0.25) is 19.6 Å². The summed E-state index contributed by atoms with van der Waals surface area (Å²) in [6.45, 7) is 8.07. The van der Waals surface area contributed by atoms with Crippen molar-refractivity contribution in [2.75, 3.05) is 0 Å². The maximum Gasteiger partial charge on any atom is 0.141 e. The van der Waals surface area contributed by atoms with E-state index < -0.39 is 8.07 Å². The fraction of sp³-hybridized carbons (Fsp3) is 0.625. The SMILES string of the molecule is CC(=O)CC#C[Si](C)(C)C. The zero-order valence-electron chi connectivity index (χ0n) is 7.12. The Morgan fingerprint density at radius 2 is 1.90 bits per heavy atom. The molecule has 0 N–H and O–H groups in total. The summed E-state index contributed by atoms with van der Waals surface area (Å²) < 4.78 is 0. The summed E-state index contributed by atoms with van der Waals surface area (Å²) in [4.78, 5) is 10.4. The summed E-state index contributed by atoms with van der Waals surface area (Å²) in [5, 5.41) is 0. The van der Waals surface area contributed by atoms with Crippen molar-refractivity contribution in [3.8, 4) is 11.5 Å². The van der Waals surface area contributed by atoms with Gasteiger partial charge in [-0.3, -0.25) is 4.79 Å². The van der Waals surface area contributed by atoms with Gasteiger partial charge in [0.15, 0.2) is 0 Å². The number of rotatable bonds is 1. The normalized spacial score (nSPS) is 10.0. The van der Waals surface area contributed by atoms with Gasteiger partial charge in [0.1, 0.15) is 13.9 Å². The molecule has 0 saturated heterocycles. The molecule has 56 valence electrons. The molecular weight excluding hydrogens is 140 g/mol. The highest BCUT2D eigenvalue weighted by Crippen LogP contribution is 1.96. The van der Waals surface area contributed by atoms with Crippen LogP contribution in [0.3, 0.4) is 0 Å². The molecule has 2 heteroatoms. The molecule has 0 atom stereocenters. The molecule has 0 spiro atoms. The van der Waals surface area contributed by atoms with Crippen LogP contribution in [-0.2, 0) is 4.79 Å². The van der Waals surface area contributed by atoms with Crippen molar-refractivity contribution in [2.45, 2.75) is 33.0 Å². The minimum Gasteiger partial charge on any atom is -0.299 e. The number of carbonyl (C=O) groups excluding carboxylic acids is 1. The van der Waals surface area contributed by atoms with Crippen LogP contribution in [-0.4, -0.2) is 13.9 Å². The minimum atomic E-state index is -1.24. The molecule has 0 rings (SSSR count). The Morgan fingerprint density at radius 3 is 2.20 bits per heavy atom. The predicted molar refractivity (Wildman–Crippen MR) is 46.4 cm³/mol. The molecule has 0 fully saturated rings. The Kier molecular flexibility index (Phi) is 3.38. The van der Waals surface area contributed by atoms with Crippen molar-refractivity contribution in [1.82, 2.24) is 0 Å². The molecule has 0 bridgehead atoms. The largest absolute Gasteiger partial charge is 0.299 e. The molecule has 0 radical (unpaired) electrons. The van der Waals surface area contributed by atoms with Crippen molar-refractivity contribution in [3.05, 3.63) is 0 Å². The van der Waals surface area contributed by atoms with Crippen LogP contribution in [0.5, 0.6) is 0 Å². The van der Waals surface area contributed by atoms with Crippen LogP contribution in [0.25, 0.3) is 0 Å². The van der Waals surface area contributed by atoms with Crippen molar-refractivity contribution < 1.29 is 4.79 Å². The van der Waals surface area contributed by atoms with E-state index in [0.29, 0.717) is 6.42 Å². The van der Waals surface area contributed by atoms with E-state index in [4.69, 9.17) is 0 Å². The third-order valence-electron chi connectivity index (χ3n) is 0.801. The average molecular weight is 154 g/mol. The Balaban J connectivity index is 3.82. The van der Waals surface area contributed by atoms with Gasteiger partial charge >= 0.3 is 0 Å².